The molecule has 0 amide bonds. The Labute approximate surface area is 131 Å². The summed E-state index contributed by atoms with van der Waals surface area (Å²) in [4.78, 5) is 2.25. The fourth-order valence-corrected chi connectivity index (χ4v) is 2.95. The van der Waals surface area contributed by atoms with E-state index < -0.39 is 0 Å². The molecule has 0 fully saturated rings. The van der Waals surface area contributed by atoms with Gasteiger partial charge in [-0.1, -0.05) is 42.5 Å². The highest BCUT2D eigenvalue weighted by Gasteiger charge is 2.20. The number of nitrogens with two attached hydrogens (primary N) is 2. The number of para-hydroxylation sites is 1. The van der Waals surface area contributed by atoms with Crippen molar-refractivity contribution in [2.24, 2.45) is 11.5 Å². The Balaban J connectivity index is 2.24. The fraction of sp³-hybridized carbons (Fsp3) is 0.222. The van der Waals surface area contributed by atoms with Gasteiger partial charge in [-0.25, -0.2) is 0 Å². The second-order valence-corrected chi connectivity index (χ2v) is 5.53. The summed E-state index contributed by atoms with van der Waals surface area (Å²) in [5.41, 5.74) is 18.5. The maximum absolute atomic E-state index is 6.52. The predicted molar refractivity (Wildman–Crippen MR) is 93.0 cm³/mol. The quantitative estimate of drug-likeness (QED) is 0.809. The van der Waals surface area contributed by atoms with E-state index in [0.29, 0.717) is 13.1 Å². The van der Waals surface area contributed by atoms with Crippen LogP contribution in [0.15, 0.2) is 48.5 Å². The first-order valence-electron chi connectivity index (χ1n) is 7.55. The summed E-state index contributed by atoms with van der Waals surface area (Å²) in [5, 5.41) is 3.41. The lowest BCUT2D eigenvalue weighted by Gasteiger charge is -2.29. The molecule has 0 saturated carbocycles. The normalized spacial score (nSPS) is 17.3. The molecule has 0 aliphatic carbocycles. The number of anilines is 1. The Bertz CT molecular complexity index is 706. The van der Waals surface area contributed by atoms with Crippen molar-refractivity contribution in [3.05, 3.63) is 65.2 Å². The number of hydrogen-bond donors (Lipinski definition) is 3. The Hall–Kier alpha value is -2.46. The van der Waals surface area contributed by atoms with E-state index in [0.717, 1.165) is 29.1 Å². The molecule has 5 N–H and O–H groups in total. The number of rotatable bonds is 3. The van der Waals surface area contributed by atoms with Crippen LogP contribution in [0.4, 0.5) is 5.69 Å². The largest absolute Gasteiger partial charge is 0.397 e. The molecule has 1 aliphatic rings. The van der Waals surface area contributed by atoms with Crippen LogP contribution in [0, 0.1) is 0 Å². The summed E-state index contributed by atoms with van der Waals surface area (Å²) >= 11 is 0. The third-order valence-corrected chi connectivity index (χ3v) is 4.02. The minimum Gasteiger partial charge on any atom is -0.397 e. The highest BCUT2D eigenvalue weighted by atomic mass is 15.1. The lowest BCUT2D eigenvalue weighted by Crippen LogP contribution is -2.28. The third-order valence-electron chi connectivity index (χ3n) is 4.02. The Morgan fingerprint density at radius 3 is 2.50 bits per heavy atom. The summed E-state index contributed by atoms with van der Waals surface area (Å²) in [7, 11) is 2.11. The van der Waals surface area contributed by atoms with E-state index in [2.05, 4.69) is 53.7 Å². The molecular formula is C18H22N4. The van der Waals surface area contributed by atoms with Crippen LogP contribution in [0.2, 0.25) is 0 Å². The smallest absolute Gasteiger partial charge is 0.0675 e. The minimum absolute atomic E-state index is 0.566. The molecular weight excluding hydrogens is 272 g/mol. The molecule has 1 aliphatic heterocycles. The molecule has 114 valence electrons. The Morgan fingerprint density at radius 1 is 1.05 bits per heavy atom. The molecule has 0 radical (unpaired) electrons. The molecule has 0 saturated heterocycles. The molecule has 0 unspecified atom stereocenters. The van der Waals surface area contributed by atoms with Crippen molar-refractivity contribution in [3.63, 3.8) is 0 Å². The first-order chi connectivity index (χ1) is 10.7. The van der Waals surface area contributed by atoms with E-state index in [-0.39, 0.29) is 0 Å². The van der Waals surface area contributed by atoms with Gasteiger partial charge in [-0.05, 0) is 11.6 Å². The SMILES string of the molecule is CN1Cc2ccccc2/C(N)=C(/NCCN)c2ccccc21. The maximum Gasteiger partial charge on any atom is 0.0675 e. The van der Waals surface area contributed by atoms with Crippen LogP contribution in [0.5, 0.6) is 0 Å². The molecule has 0 aromatic heterocycles. The van der Waals surface area contributed by atoms with Crippen molar-refractivity contribution in [2.45, 2.75) is 6.54 Å². The number of nitrogens with zero attached hydrogens (tertiary/aromatic N) is 1. The van der Waals surface area contributed by atoms with Gasteiger partial charge in [-0.3, -0.25) is 0 Å². The zero-order valence-corrected chi connectivity index (χ0v) is 12.8. The summed E-state index contributed by atoms with van der Waals surface area (Å²) < 4.78 is 0. The van der Waals surface area contributed by atoms with Crippen molar-refractivity contribution >= 4 is 17.1 Å². The van der Waals surface area contributed by atoms with E-state index in [1.165, 1.54) is 11.3 Å². The van der Waals surface area contributed by atoms with Crippen molar-refractivity contribution in [1.82, 2.24) is 5.32 Å². The number of benzene rings is 2. The van der Waals surface area contributed by atoms with Crippen LogP contribution >= 0.6 is 0 Å². The van der Waals surface area contributed by atoms with E-state index in [4.69, 9.17) is 11.5 Å². The summed E-state index contributed by atoms with van der Waals surface area (Å²) in [6.45, 7) is 2.09. The lowest BCUT2D eigenvalue weighted by molar-refractivity contribution is 0.850. The van der Waals surface area contributed by atoms with Crippen molar-refractivity contribution in [1.29, 1.82) is 0 Å². The van der Waals surface area contributed by atoms with Gasteiger partial charge < -0.3 is 21.7 Å². The zero-order chi connectivity index (χ0) is 15.5. The van der Waals surface area contributed by atoms with E-state index >= 15 is 0 Å². The van der Waals surface area contributed by atoms with Gasteiger partial charge in [0.1, 0.15) is 0 Å². The lowest BCUT2D eigenvalue weighted by atomic mass is 9.96. The second kappa shape index (κ2) is 6.12. The van der Waals surface area contributed by atoms with Crippen LogP contribution in [0.3, 0.4) is 0 Å². The van der Waals surface area contributed by atoms with Gasteiger partial charge in [0.15, 0.2) is 0 Å². The molecule has 3 rings (SSSR count). The van der Waals surface area contributed by atoms with Gasteiger partial charge in [0.05, 0.1) is 11.4 Å². The van der Waals surface area contributed by atoms with Crippen LogP contribution in [-0.4, -0.2) is 20.1 Å². The molecule has 2 aromatic rings. The van der Waals surface area contributed by atoms with E-state index in [1.54, 1.807) is 0 Å². The Morgan fingerprint density at radius 2 is 1.73 bits per heavy atom. The highest BCUT2D eigenvalue weighted by Crippen LogP contribution is 2.33. The summed E-state index contributed by atoms with van der Waals surface area (Å²) in [5.74, 6) is 0. The Kier molecular flexibility index (Phi) is 4.02. The van der Waals surface area contributed by atoms with Crippen LogP contribution in [-0.2, 0) is 6.54 Å². The molecule has 2 aromatic carbocycles. The molecule has 4 nitrogen and oxygen atoms in total. The van der Waals surface area contributed by atoms with E-state index in [9.17, 15) is 0 Å². The van der Waals surface area contributed by atoms with Crippen molar-refractivity contribution in [3.8, 4) is 0 Å². The molecule has 1 heterocycles. The maximum atomic E-state index is 6.52. The fourth-order valence-electron chi connectivity index (χ4n) is 2.95. The molecule has 0 bridgehead atoms. The minimum atomic E-state index is 0.566. The van der Waals surface area contributed by atoms with Gasteiger partial charge in [-0.2, -0.15) is 0 Å². The zero-order valence-electron chi connectivity index (χ0n) is 12.8. The van der Waals surface area contributed by atoms with E-state index in [1.807, 2.05) is 12.1 Å². The predicted octanol–water partition coefficient (Wildman–Crippen LogP) is 1.97. The van der Waals surface area contributed by atoms with Gasteiger partial charge in [-0.15, -0.1) is 0 Å². The van der Waals surface area contributed by atoms with Gasteiger partial charge in [0, 0.05) is 43.5 Å². The number of fused-ring (bicyclic) bond motifs is 2. The molecule has 0 spiro atoms. The highest BCUT2D eigenvalue weighted by molar-refractivity contribution is 5.93. The third kappa shape index (κ3) is 2.53. The molecule has 22 heavy (non-hydrogen) atoms. The van der Waals surface area contributed by atoms with Crippen LogP contribution in [0.1, 0.15) is 16.7 Å². The molecule has 4 heteroatoms. The first-order valence-corrected chi connectivity index (χ1v) is 7.55. The van der Waals surface area contributed by atoms with Gasteiger partial charge in [0.25, 0.3) is 0 Å². The monoisotopic (exact) mass is 294 g/mol. The first kappa shape index (κ1) is 14.5. The summed E-state index contributed by atoms with van der Waals surface area (Å²) in [6.07, 6.45) is 0. The average molecular weight is 294 g/mol. The van der Waals surface area contributed by atoms with Crippen molar-refractivity contribution in [2.75, 3.05) is 25.0 Å². The van der Waals surface area contributed by atoms with Crippen molar-refractivity contribution < 1.29 is 0 Å². The average Bonchev–Trinajstić information content (AvgIpc) is 2.55. The molecule has 0 atom stereocenters. The van der Waals surface area contributed by atoms with Gasteiger partial charge >= 0.3 is 0 Å². The standard InChI is InChI=1S/C18H22N4/c1-22-12-13-6-2-3-7-14(13)17(20)18(21-11-10-19)15-8-4-5-9-16(15)22/h2-9,21H,10-12,19-20H2,1H3/b18-17-. The number of nitrogens with one attached hydrogen (secondary N) is 1. The van der Waals surface area contributed by atoms with Crippen LogP contribution < -0.4 is 21.7 Å². The number of hydrogen-bond acceptors (Lipinski definition) is 4. The second-order valence-electron chi connectivity index (χ2n) is 5.53. The topological polar surface area (TPSA) is 67.3 Å². The van der Waals surface area contributed by atoms with Gasteiger partial charge in [0.2, 0.25) is 0 Å². The summed E-state index contributed by atoms with van der Waals surface area (Å²) in [6, 6.07) is 16.6. The van der Waals surface area contributed by atoms with Crippen LogP contribution in [0.25, 0.3) is 11.4 Å².